The van der Waals surface area contributed by atoms with E-state index in [0.29, 0.717) is 12.2 Å². The molecule has 0 atom stereocenters. The van der Waals surface area contributed by atoms with Crippen LogP contribution in [0.4, 0.5) is 0 Å². The highest BCUT2D eigenvalue weighted by Gasteiger charge is 2.03. The molecule has 1 N–H and O–H groups in total. The molecule has 10 heavy (non-hydrogen) atoms. The van der Waals surface area contributed by atoms with Crippen LogP contribution < -0.4 is 0 Å². The van der Waals surface area contributed by atoms with Gasteiger partial charge in [-0.3, -0.25) is 4.79 Å². The zero-order chi connectivity index (χ0) is 7.40. The molecular weight excluding hydrogens is 132 g/mol. The van der Waals surface area contributed by atoms with Crippen molar-refractivity contribution in [2.75, 3.05) is 0 Å². The van der Waals surface area contributed by atoms with Crippen LogP contribution in [0.3, 0.4) is 0 Å². The summed E-state index contributed by atoms with van der Waals surface area (Å²) in [5.74, 6) is 0.591. The molecule has 1 aromatic rings. The molecule has 0 aliphatic heterocycles. The number of tetrazole rings is 1. The van der Waals surface area contributed by atoms with Crippen molar-refractivity contribution >= 4 is 5.78 Å². The van der Waals surface area contributed by atoms with Crippen molar-refractivity contribution in [3.05, 3.63) is 5.82 Å². The molecule has 54 valence electrons. The highest BCUT2D eigenvalue weighted by Crippen LogP contribution is 1.90. The zero-order valence-electron chi connectivity index (χ0n) is 5.66. The third kappa shape index (κ3) is 1.61. The summed E-state index contributed by atoms with van der Waals surface area (Å²) >= 11 is 0. The van der Waals surface area contributed by atoms with E-state index in [2.05, 4.69) is 20.6 Å². The largest absolute Gasteiger partial charge is 0.299 e. The number of rotatable bonds is 3. The molecule has 0 radical (unpaired) electrons. The van der Waals surface area contributed by atoms with E-state index < -0.39 is 0 Å². The van der Waals surface area contributed by atoms with Gasteiger partial charge in [-0.25, -0.2) is 0 Å². The van der Waals surface area contributed by atoms with Gasteiger partial charge in [-0.1, -0.05) is 12.1 Å². The molecule has 1 aromatic heterocycles. The first-order valence-electron chi connectivity index (χ1n) is 3.07. The number of carbonyl (C=O) groups is 1. The Hall–Kier alpha value is -1.26. The van der Waals surface area contributed by atoms with E-state index >= 15 is 0 Å². The Bertz CT molecular complexity index is 205. The Morgan fingerprint density at radius 1 is 1.70 bits per heavy atom. The predicted octanol–water partition coefficient (Wildman–Crippen LogP) is -0.279. The van der Waals surface area contributed by atoms with Crippen LogP contribution in [0.2, 0.25) is 0 Å². The summed E-state index contributed by atoms with van der Waals surface area (Å²) in [7, 11) is 0. The van der Waals surface area contributed by atoms with Crippen molar-refractivity contribution in [2.24, 2.45) is 0 Å². The first-order chi connectivity index (χ1) is 4.83. The number of nitrogens with zero attached hydrogens (tertiary/aromatic N) is 3. The van der Waals surface area contributed by atoms with Gasteiger partial charge >= 0.3 is 0 Å². The maximum Gasteiger partial charge on any atom is 0.181 e. The Morgan fingerprint density at radius 2 is 2.50 bits per heavy atom. The molecule has 0 aliphatic rings. The smallest absolute Gasteiger partial charge is 0.181 e. The van der Waals surface area contributed by atoms with Crippen LogP contribution in [0.25, 0.3) is 0 Å². The van der Waals surface area contributed by atoms with Crippen LogP contribution in [-0.2, 0) is 11.2 Å². The van der Waals surface area contributed by atoms with Crippen LogP contribution in [0, 0.1) is 0 Å². The van der Waals surface area contributed by atoms with Crippen LogP contribution in [-0.4, -0.2) is 26.4 Å². The van der Waals surface area contributed by atoms with Gasteiger partial charge < -0.3 is 0 Å². The van der Waals surface area contributed by atoms with E-state index in [1.165, 1.54) is 0 Å². The molecule has 0 amide bonds. The molecule has 0 saturated heterocycles. The van der Waals surface area contributed by atoms with Gasteiger partial charge in [0.05, 0.1) is 6.42 Å². The molecule has 1 rings (SSSR count). The lowest BCUT2D eigenvalue weighted by Crippen LogP contribution is -2.01. The summed E-state index contributed by atoms with van der Waals surface area (Å²) in [6.07, 6.45) is 0.807. The Kier molecular flexibility index (Phi) is 2.09. The standard InChI is InChI=1S/C5H8N4O/c1-2-4(10)3-5-6-8-9-7-5/h2-3H2,1H3,(H,6,7,8,9). The van der Waals surface area contributed by atoms with Crippen molar-refractivity contribution in [2.45, 2.75) is 19.8 Å². The van der Waals surface area contributed by atoms with E-state index in [9.17, 15) is 4.79 Å². The molecule has 5 heteroatoms. The van der Waals surface area contributed by atoms with Crippen molar-refractivity contribution in [1.29, 1.82) is 0 Å². The maximum absolute atomic E-state index is 10.8. The molecular formula is C5H8N4O. The second-order valence-corrected chi connectivity index (χ2v) is 1.90. The normalized spacial score (nSPS) is 9.70. The molecule has 1 heterocycles. The summed E-state index contributed by atoms with van der Waals surface area (Å²) in [4.78, 5) is 10.8. The molecule has 0 spiro atoms. The van der Waals surface area contributed by atoms with Crippen LogP contribution in [0.1, 0.15) is 19.2 Å². The van der Waals surface area contributed by atoms with Crippen molar-refractivity contribution in [3.63, 3.8) is 0 Å². The number of carbonyl (C=O) groups excluding carboxylic acids is 1. The third-order valence-electron chi connectivity index (χ3n) is 1.14. The Labute approximate surface area is 57.8 Å². The number of nitrogens with one attached hydrogen (secondary N) is 1. The topological polar surface area (TPSA) is 71.5 Å². The minimum Gasteiger partial charge on any atom is -0.299 e. The van der Waals surface area contributed by atoms with Crippen molar-refractivity contribution in [1.82, 2.24) is 20.6 Å². The number of ketones is 1. The summed E-state index contributed by atoms with van der Waals surface area (Å²) in [6.45, 7) is 1.81. The number of aromatic nitrogens is 4. The minimum atomic E-state index is 0.126. The van der Waals surface area contributed by atoms with E-state index in [0.717, 1.165) is 0 Å². The maximum atomic E-state index is 10.8. The van der Waals surface area contributed by atoms with Gasteiger partial charge in [-0.15, -0.1) is 10.2 Å². The molecule has 0 fully saturated rings. The number of hydrogen-bond donors (Lipinski definition) is 1. The third-order valence-corrected chi connectivity index (χ3v) is 1.14. The first-order valence-corrected chi connectivity index (χ1v) is 3.07. The Morgan fingerprint density at radius 3 is 3.00 bits per heavy atom. The average molecular weight is 140 g/mol. The van der Waals surface area contributed by atoms with Gasteiger partial charge in [-0.2, -0.15) is 5.21 Å². The lowest BCUT2D eigenvalue weighted by molar-refractivity contribution is -0.118. The number of H-pyrrole nitrogens is 1. The van der Waals surface area contributed by atoms with E-state index in [1.807, 2.05) is 6.92 Å². The van der Waals surface area contributed by atoms with Crippen LogP contribution in [0.15, 0.2) is 0 Å². The summed E-state index contributed by atoms with van der Waals surface area (Å²) in [5.41, 5.74) is 0. The molecule has 0 bridgehead atoms. The second kappa shape index (κ2) is 3.05. The lowest BCUT2D eigenvalue weighted by Gasteiger charge is -1.87. The van der Waals surface area contributed by atoms with Crippen LogP contribution in [0.5, 0.6) is 0 Å². The molecule has 5 nitrogen and oxygen atoms in total. The monoisotopic (exact) mass is 140 g/mol. The zero-order valence-corrected chi connectivity index (χ0v) is 5.66. The second-order valence-electron chi connectivity index (χ2n) is 1.90. The quantitative estimate of drug-likeness (QED) is 0.626. The molecule has 0 aromatic carbocycles. The Balaban J connectivity index is 2.48. The molecule has 0 saturated carbocycles. The number of aromatic amines is 1. The van der Waals surface area contributed by atoms with Crippen molar-refractivity contribution < 1.29 is 4.79 Å². The van der Waals surface area contributed by atoms with Crippen molar-refractivity contribution in [3.8, 4) is 0 Å². The van der Waals surface area contributed by atoms with Gasteiger partial charge in [0.15, 0.2) is 5.82 Å². The van der Waals surface area contributed by atoms with Gasteiger partial charge in [0.25, 0.3) is 0 Å². The van der Waals surface area contributed by atoms with E-state index in [1.54, 1.807) is 0 Å². The van der Waals surface area contributed by atoms with Gasteiger partial charge in [0.2, 0.25) is 0 Å². The lowest BCUT2D eigenvalue weighted by atomic mass is 10.2. The van der Waals surface area contributed by atoms with E-state index in [-0.39, 0.29) is 12.2 Å². The molecule has 0 unspecified atom stereocenters. The fourth-order valence-corrected chi connectivity index (χ4v) is 0.559. The number of Topliss-reactive ketones (excluding diaryl/α,β-unsaturated/α-hetero) is 1. The SMILES string of the molecule is CCC(=O)Cc1nn[nH]n1. The van der Waals surface area contributed by atoms with Gasteiger partial charge in [-0.05, 0) is 0 Å². The minimum absolute atomic E-state index is 0.126. The fourth-order valence-electron chi connectivity index (χ4n) is 0.559. The average Bonchev–Trinajstić information content (AvgIpc) is 2.40. The van der Waals surface area contributed by atoms with Gasteiger partial charge in [0.1, 0.15) is 5.78 Å². The highest BCUT2D eigenvalue weighted by atomic mass is 16.1. The summed E-state index contributed by atoms with van der Waals surface area (Å²) in [5, 5.41) is 12.9. The predicted molar refractivity (Wildman–Crippen MR) is 33.2 cm³/mol. The van der Waals surface area contributed by atoms with Gasteiger partial charge in [0, 0.05) is 6.42 Å². The molecule has 0 aliphatic carbocycles. The van der Waals surface area contributed by atoms with E-state index in [4.69, 9.17) is 0 Å². The van der Waals surface area contributed by atoms with Crippen LogP contribution >= 0.6 is 0 Å². The summed E-state index contributed by atoms with van der Waals surface area (Å²) in [6, 6.07) is 0. The summed E-state index contributed by atoms with van der Waals surface area (Å²) < 4.78 is 0. The highest BCUT2D eigenvalue weighted by molar-refractivity contribution is 5.79. The first kappa shape index (κ1) is 6.85. The fraction of sp³-hybridized carbons (Fsp3) is 0.600. The number of hydrogen-bond acceptors (Lipinski definition) is 4.